The molecule has 8 heteroatoms. The molecule has 8 nitrogen and oxygen atoms in total. The minimum atomic E-state index is -0.556. The Balaban J connectivity index is 1.57. The van der Waals surface area contributed by atoms with Crippen LogP contribution in [-0.4, -0.2) is 61.2 Å². The molecule has 0 aliphatic carbocycles. The third-order valence-electron chi connectivity index (χ3n) is 4.68. The van der Waals surface area contributed by atoms with Gasteiger partial charge in [-0.1, -0.05) is 18.2 Å². The van der Waals surface area contributed by atoms with Gasteiger partial charge in [0.2, 0.25) is 5.91 Å². The van der Waals surface area contributed by atoms with Crippen molar-refractivity contribution in [2.24, 2.45) is 5.92 Å². The summed E-state index contributed by atoms with van der Waals surface area (Å²) in [4.78, 5) is 37.7. The number of likely N-dealkylation sites (tertiary alicyclic amines) is 1. The second-order valence-electron chi connectivity index (χ2n) is 8.41. The van der Waals surface area contributed by atoms with Gasteiger partial charge < -0.3 is 25.0 Å². The molecule has 0 saturated carbocycles. The summed E-state index contributed by atoms with van der Waals surface area (Å²) in [6.45, 7) is 7.52. The van der Waals surface area contributed by atoms with Crippen molar-refractivity contribution >= 4 is 17.9 Å². The Labute approximate surface area is 178 Å². The highest BCUT2D eigenvalue weighted by Crippen LogP contribution is 2.17. The summed E-state index contributed by atoms with van der Waals surface area (Å²) in [5.41, 5.74) is -0.556. The number of hydrogen-bond acceptors (Lipinski definition) is 5. The molecule has 1 aliphatic heterocycles. The zero-order valence-electron chi connectivity index (χ0n) is 18.1. The van der Waals surface area contributed by atoms with Crippen LogP contribution in [0.15, 0.2) is 30.3 Å². The van der Waals surface area contributed by atoms with E-state index in [-0.39, 0.29) is 31.4 Å². The van der Waals surface area contributed by atoms with Gasteiger partial charge in [-0.15, -0.1) is 0 Å². The van der Waals surface area contributed by atoms with Crippen molar-refractivity contribution in [2.75, 3.05) is 32.8 Å². The van der Waals surface area contributed by atoms with Crippen LogP contribution in [0, 0.1) is 5.92 Å². The number of para-hydroxylation sites is 1. The summed E-state index contributed by atoms with van der Waals surface area (Å²) in [7, 11) is 0. The van der Waals surface area contributed by atoms with Crippen LogP contribution < -0.4 is 15.4 Å². The summed E-state index contributed by atoms with van der Waals surface area (Å²) in [6.07, 6.45) is 1.41. The number of amides is 3. The number of rotatable bonds is 8. The van der Waals surface area contributed by atoms with E-state index in [1.807, 2.05) is 35.2 Å². The van der Waals surface area contributed by atoms with Gasteiger partial charge in [0.15, 0.2) is 6.61 Å². The maximum atomic E-state index is 12.3. The molecule has 3 amide bonds. The highest BCUT2D eigenvalue weighted by atomic mass is 16.6. The number of alkyl carbamates (subject to hydrolysis) is 1. The number of ether oxygens (including phenoxy) is 2. The molecule has 0 unspecified atom stereocenters. The van der Waals surface area contributed by atoms with E-state index in [0.29, 0.717) is 31.3 Å². The molecule has 30 heavy (non-hydrogen) atoms. The van der Waals surface area contributed by atoms with Crippen LogP contribution in [0.2, 0.25) is 0 Å². The molecule has 1 aromatic rings. The third kappa shape index (κ3) is 9.15. The van der Waals surface area contributed by atoms with Crippen molar-refractivity contribution in [1.29, 1.82) is 0 Å². The topological polar surface area (TPSA) is 97.0 Å². The van der Waals surface area contributed by atoms with E-state index in [0.717, 1.165) is 12.8 Å². The van der Waals surface area contributed by atoms with Gasteiger partial charge >= 0.3 is 6.09 Å². The number of piperidine rings is 1. The predicted octanol–water partition coefficient (Wildman–Crippen LogP) is 2.34. The van der Waals surface area contributed by atoms with Crippen molar-refractivity contribution in [3.63, 3.8) is 0 Å². The number of nitrogens with zero attached hydrogens (tertiary/aromatic N) is 1. The molecule has 1 aromatic carbocycles. The molecule has 1 fully saturated rings. The molecule has 1 heterocycles. The highest BCUT2D eigenvalue weighted by Gasteiger charge is 2.23. The lowest BCUT2D eigenvalue weighted by Gasteiger charge is -2.32. The van der Waals surface area contributed by atoms with Crippen molar-refractivity contribution < 1.29 is 23.9 Å². The zero-order chi connectivity index (χ0) is 22.0. The Hall–Kier alpha value is -2.77. The second-order valence-corrected chi connectivity index (χ2v) is 8.41. The van der Waals surface area contributed by atoms with Crippen LogP contribution in [0.3, 0.4) is 0 Å². The lowest BCUT2D eigenvalue weighted by molar-refractivity contribution is -0.132. The first-order valence-electron chi connectivity index (χ1n) is 10.4. The van der Waals surface area contributed by atoms with Gasteiger partial charge in [-0.05, 0) is 51.7 Å². The van der Waals surface area contributed by atoms with Crippen LogP contribution >= 0.6 is 0 Å². The van der Waals surface area contributed by atoms with Gasteiger partial charge in [0.25, 0.3) is 5.91 Å². The molecule has 166 valence electrons. The lowest BCUT2D eigenvalue weighted by atomic mass is 9.96. The second kappa shape index (κ2) is 11.4. The van der Waals surface area contributed by atoms with E-state index < -0.39 is 11.7 Å². The van der Waals surface area contributed by atoms with E-state index in [4.69, 9.17) is 9.47 Å². The van der Waals surface area contributed by atoms with Crippen molar-refractivity contribution in [1.82, 2.24) is 15.5 Å². The van der Waals surface area contributed by atoms with Gasteiger partial charge in [0, 0.05) is 32.6 Å². The maximum absolute atomic E-state index is 12.3. The molecule has 2 rings (SSSR count). The zero-order valence-corrected chi connectivity index (χ0v) is 18.1. The van der Waals surface area contributed by atoms with E-state index in [1.165, 1.54) is 0 Å². The summed E-state index contributed by atoms with van der Waals surface area (Å²) in [6, 6.07) is 9.22. The fraction of sp³-hybridized carbons (Fsp3) is 0.591. The number of carbonyl (C=O) groups is 3. The first-order chi connectivity index (χ1) is 14.2. The number of nitrogens with one attached hydrogen (secondary N) is 2. The van der Waals surface area contributed by atoms with Gasteiger partial charge in [0.05, 0.1) is 0 Å². The van der Waals surface area contributed by atoms with Crippen molar-refractivity contribution in [3.05, 3.63) is 30.3 Å². The molecule has 1 aliphatic rings. The average Bonchev–Trinajstić information content (AvgIpc) is 2.70. The minimum absolute atomic E-state index is 0.00794. The quantitative estimate of drug-likeness (QED) is 0.674. The van der Waals surface area contributed by atoms with Crippen LogP contribution in [0.1, 0.15) is 40.0 Å². The maximum Gasteiger partial charge on any atom is 0.407 e. The molecular formula is C22H33N3O5. The number of carbonyl (C=O) groups excluding carboxylic acids is 3. The van der Waals surface area contributed by atoms with E-state index >= 15 is 0 Å². The van der Waals surface area contributed by atoms with Gasteiger partial charge in [-0.2, -0.15) is 0 Å². The molecule has 0 radical (unpaired) electrons. The van der Waals surface area contributed by atoms with Crippen LogP contribution in [0.5, 0.6) is 5.75 Å². The van der Waals surface area contributed by atoms with Gasteiger partial charge in [-0.25, -0.2) is 4.79 Å². The Bertz CT molecular complexity index is 694. The van der Waals surface area contributed by atoms with E-state index in [2.05, 4.69) is 10.6 Å². The predicted molar refractivity (Wildman–Crippen MR) is 113 cm³/mol. The van der Waals surface area contributed by atoms with E-state index in [9.17, 15) is 14.4 Å². The van der Waals surface area contributed by atoms with Gasteiger partial charge in [0.1, 0.15) is 11.4 Å². The Morgan fingerprint density at radius 3 is 2.37 bits per heavy atom. The lowest BCUT2D eigenvalue weighted by Crippen LogP contribution is -2.43. The first-order valence-corrected chi connectivity index (χ1v) is 10.4. The standard InChI is InChI=1S/C22H33N3O5/c1-22(2,3)30-21(28)23-12-9-20(27)25-13-10-17(11-14-25)15-24-19(26)16-29-18-7-5-4-6-8-18/h4-8,17H,9-16H2,1-3H3,(H,23,28)(H,24,26). The molecule has 0 aromatic heterocycles. The summed E-state index contributed by atoms with van der Waals surface area (Å²) >= 11 is 0. The van der Waals surface area contributed by atoms with Crippen LogP contribution in [-0.2, 0) is 14.3 Å². The summed E-state index contributed by atoms with van der Waals surface area (Å²) in [5.74, 6) is 0.880. The fourth-order valence-electron chi connectivity index (χ4n) is 3.11. The largest absolute Gasteiger partial charge is 0.484 e. The van der Waals surface area contributed by atoms with Crippen LogP contribution in [0.4, 0.5) is 4.79 Å². The molecule has 0 spiro atoms. The first kappa shape index (κ1) is 23.5. The number of benzene rings is 1. The molecule has 1 saturated heterocycles. The number of hydrogen-bond donors (Lipinski definition) is 2. The molecule has 0 bridgehead atoms. The Morgan fingerprint density at radius 1 is 1.07 bits per heavy atom. The van der Waals surface area contributed by atoms with Gasteiger partial charge in [-0.3, -0.25) is 9.59 Å². The fourth-order valence-corrected chi connectivity index (χ4v) is 3.11. The Morgan fingerprint density at radius 2 is 1.73 bits per heavy atom. The average molecular weight is 420 g/mol. The van der Waals surface area contributed by atoms with E-state index in [1.54, 1.807) is 20.8 Å². The van der Waals surface area contributed by atoms with Crippen LogP contribution in [0.25, 0.3) is 0 Å². The SMILES string of the molecule is CC(C)(C)OC(=O)NCCC(=O)N1CCC(CNC(=O)COc2ccccc2)CC1. The minimum Gasteiger partial charge on any atom is -0.484 e. The Kier molecular flexibility index (Phi) is 8.95. The van der Waals surface area contributed by atoms with Crippen molar-refractivity contribution in [2.45, 2.75) is 45.6 Å². The molecule has 2 N–H and O–H groups in total. The summed E-state index contributed by atoms with van der Waals surface area (Å²) < 4.78 is 10.6. The monoisotopic (exact) mass is 419 g/mol. The highest BCUT2D eigenvalue weighted by molar-refractivity contribution is 5.78. The van der Waals surface area contributed by atoms with Crippen molar-refractivity contribution in [3.8, 4) is 5.75 Å². The smallest absolute Gasteiger partial charge is 0.407 e. The molecule has 0 atom stereocenters. The molecular weight excluding hydrogens is 386 g/mol. The summed E-state index contributed by atoms with van der Waals surface area (Å²) in [5, 5.41) is 5.51. The normalized spacial score (nSPS) is 14.7. The third-order valence-corrected chi connectivity index (χ3v) is 4.68.